The maximum atomic E-state index is 13.1. The van der Waals surface area contributed by atoms with Gasteiger partial charge in [-0.05, 0) is 70.1 Å². The Bertz CT molecular complexity index is 708. The predicted molar refractivity (Wildman–Crippen MR) is 100.0 cm³/mol. The summed E-state index contributed by atoms with van der Waals surface area (Å²) in [6.45, 7) is 9.73. The first-order valence-electron chi connectivity index (χ1n) is 9.03. The van der Waals surface area contributed by atoms with E-state index in [1.54, 1.807) is 6.92 Å². The zero-order valence-electron chi connectivity index (χ0n) is 15.7. The molecule has 26 heavy (non-hydrogen) atoms. The topological polar surface area (TPSA) is 61.9 Å². The van der Waals surface area contributed by atoms with Crippen LogP contribution in [-0.2, 0) is 10.3 Å². The molecule has 0 bridgehead atoms. The van der Waals surface area contributed by atoms with Crippen molar-refractivity contribution < 1.29 is 14.3 Å². The number of hydrogen-bond donors (Lipinski definition) is 1. The molecule has 0 spiro atoms. The molecule has 2 saturated heterocycles. The first-order chi connectivity index (χ1) is 12.3. The molecule has 1 N–H and O–H groups in total. The largest absolute Gasteiger partial charge is 0.489 e. The van der Waals surface area contributed by atoms with Crippen LogP contribution in [-0.4, -0.2) is 54.5 Å². The summed E-state index contributed by atoms with van der Waals surface area (Å²) >= 11 is 0. The molecule has 3 amide bonds. The third kappa shape index (κ3) is 3.46. The molecule has 3 rings (SSSR count). The van der Waals surface area contributed by atoms with Gasteiger partial charge in [0.2, 0.25) is 0 Å². The van der Waals surface area contributed by atoms with Crippen molar-refractivity contribution in [3.8, 4) is 5.75 Å². The second-order valence-corrected chi connectivity index (χ2v) is 7.53. The van der Waals surface area contributed by atoms with Crippen LogP contribution in [0.25, 0.3) is 0 Å². The van der Waals surface area contributed by atoms with Gasteiger partial charge in [0.1, 0.15) is 17.9 Å². The van der Waals surface area contributed by atoms with Crippen molar-refractivity contribution in [3.05, 3.63) is 42.0 Å². The first-order valence-corrected chi connectivity index (χ1v) is 9.03. The van der Waals surface area contributed by atoms with E-state index in [0.717, 1.165) is 37.1 Å². The van der Waals surface area contributed by atoms with Crippen LogP contribution in [0.1, 0.15) is 32.3 Å². The second-order valence-electron chi connectivity index (χ2n) is 7.53. The van der Waals surface area contributed by atoms with E-state index in [0.29, 0.717) is 12.4 Å². The van der Waals surface area contributed by atoms with Gasteiger partial charge in [-0.15, -0.1) is 0 Å². The third-order valence-corrected chi connectivity index (χ3v) is 5.19. The molecule has 1 aromatic carbocycles. The number of hydrogen-bond acceptors (Lipinski definition) is 4. The monoisotopic (exact) mass is 357 g/mol. The number of carbonyl (C=O) groups excluding carboxylic acids is 2. The normalized spacial score (nSPS) is 24.7. The summed E-state index contributed by atoms with van der Waals surface area (Å²) in [4.78, 5) is 29.3. The number of nitrogens with one attached hydrogen (secondary N) is 1. The van der Waals surface area contributed by atoms with Crippen LogP contribution in [0.3, 0.4) is 0 Å². The van der Waals surface area contributed by atoms with Crippen molar-refractivity contribution in [3.63, 3.8) is 0 Å². The molecule has 0 radical (unpaired) electrons. The van der Waals surface area contributed by atoms with Gasteiger partial charge in [-0.1, -0.05) is 18.7 Å². The van der Waals surface area contributed by atoms with Crippen LogP contribution < -0.4 is 10.1 Å². The Morgan fingerprint density at radius 1 is 1.27 bits per heavy atom. The van der Waals surface area contributed by atoms with Gasteiger partial charge in [0.05, 0.1) is 0 Å². The number of amides is 3. The molecular weight excluding hydrogens is 330 g/mol. The van der Waals surface area contributed by atoms with Crippen molar-refractivity contribution in [1.29, 1.82) is 0 Å². The molecular formula is C20H27N3O3. The number of nitrogens with zero attached hydrogens (tertiary/aromatic N) is 2. The minimum atomic E-state index is -1.03. The Kier molecular flexibility index (Phi) is 5.05. The lowest BCUT2D eigenvalue weighted by Gasteiger charge is -2.33. The SMILES string of the molecule is C=C(C)COc1ccc(C2(C)NC(=O)N(C3CCN(C)CC3)C2=O)cc1. The van der Waals surface area contributed by atoms with E-state index in [1.807, 2.05) is 31.2 Å². The standard InChI is InChI=1S/C20H27N3O3/c1-14(2)13-26-17-7-5-15(6-8-17)20(3)18(24)23(19(25)21-20)16-9-11-22(4)12-10-16/h5-8,16H,1,9-13H2,2-4H3,(H,21,25). The molecule has 2 aliphatic heterocycles. The fourth-order valence-corrected chi connectivity index (χ4v) is 3.53. The molecule has 2 fully saturated rings. The quantitative estimate of drug-likeness (QED) is 0.650. The molecule has 0 aliphatic carbocycles. The minimum absolute atomic E-state index is 0.0290. The van der Waals surface area contributed by atoms with Gasteiger partial charge in [0, 0.05) is 6.04 Å². The minimum Gasteiger partial charge on any atom is -0.489 e. The lowest BCUT2D eigenvalue weighted by molar-refractivity contribution is -0.133. The molecule has 0 aromatic heterocycles. The number of benzene rings is 1. The number of piperidine rings is 1. The molecule has 6 nitrogen and oxygen atoms in total. The molecule has 2 aliphatic rings. The van der Waals surface area contributed by atoms with Crippen molar-refractivity contribution in [2.75, 3.05) is 26.7 Å². The highest BCUT2D eigenvalue weighted by atomic mass is 16.5. The van der Waals surface area contributed by atoms with Gasteiger partial charge in [0.25, 0.3) is 5.91 Å². The molecule has 140 valence electrons. The van der Waals surface area contributed by atoms with Gasteiger partial charge >= 0.3 is 6.03 Å². The van der Waals surface area contributed by atoms with E-state index in [9.17, 15) is 9.59 Å². The number of urea groups is 1. The number of ether oxygens (including phenoxy) is 1. The van der Waals surface area contributed by atoms with Crippen LogP contribution in [0, 0.1) is 0 Å². The van der Waals surface area contributed by atoms with Crippen LogP contribution in [0.5, 0.6) is 5.75 Å². The number of rotatable bonds is 5. The Morgan fingerprint density at radius 3 is 2.46 bits per heavy atom. The van der Waals surface area contributed by atoms with Crippen LogP contribution in [0.2, 0.25) is 0 Å². The predicted octanol–water partition coefficient (Wildman–Crippen LogP) is 2.50. The average Bonchev–Trinajstić information content (AvgIpc) is 2.84. The fraction of sp³-hybridized carbons (Fsp3) is 0.500. The summed E-state index contributed by atoms with van der Waals surface area (Å²) in [6.07, 6.45) is 1.64. The number of imide groups is 1. The lowest BCUT2D eigenvalue weighted by atomic mass is 9.91. The van der Waals surface area contributed by atoms with E-state index >= 15 is 0 Å². The van der Waals surface area contributed by atoms with Crippen molar-refractivity contribution in [2.24, 2.45) is 0 Å². The maximum absolute atomic E-state index is 13.1. The highest BCUT2D eigenvalue weighted by Crippen LogP contribution is 2.33. The number of likely N-dealkylation sites (tertiary alicyclic amines) is 1. The Labute approximate surface area is 154 Å². The average molecular weight is 357 g/mol. The Balaban J connectivity index is 1.76. The van der Waals surface area contributed by atoms with E-state index in [2.05, 4.69) is 23.8 Å². The zero-order valence-corrected chi connectivity index (χ0v) is 15.7. The zero-order chi connectivity index (χ0) is 18.9. The van der Waals surface area contributed by atoms with Crippen LogP contribution in [0.4, 0.5) is 4.79 Å². The van der Waals surface area contributed by atoms with Crippen molar-refractivity contribution in [2.45, 2.75) is 38.3 Å². The smallest absolute Gasteiger partial charge is 0.325 e. The molecule has 0 saturated carbocycles. The summed E-state index contributed by atoms with van der Waals surface area (Å²) in [5, 5.41) is 2.89. The van der Waals surface area contributed by atoms with Gasteiger partial charge < -0.3 is 15.0 Å². The fourth-order valence-electron chi connectivity index (χ4n) is 3.53. The van der Waals surface area contributed by atoms with Crippen LogP contribution in [0.15, 0.2) is 36.4 Å². The van der Waals surface area contributed by atoms with Crippen molar-refractivity contribution >= 4 is 11.9 Å². The first kappa shape index (κ1) is 18.5. The molecule has 1 unspecified atom stereocenters. The highest BCUT2D eigenvalue weighted by molar-refractivity contribution is 6.07. The third-order valence-electron chi connectivity index (χ3n) is 5.19. The highest BCUT2D eigenvalue weighted by Gasteiger charge is 2.51. The van der Waals surface area contributed by atoms with Gasteiger partial charge in [-0.25, -0.2) is 4.79 Å². The Hall–Kier alpha value is -2.34. The van der Waals surface area contributed by atoms with E-state index in [4.69, 9.17) is 4.74 Å². The molecule has 1 aromatic rings. The molecule has 6 heteroatoms. The molecule has 1 atom stereocenters. The van der Waals surface area contributed by atoms with E-state index in [1.165, 1.54) is 4.90 Å². The Morgan fingerprint density at radius 2 is 1.88 bits per heavy atom. The molecule has 2 heterocycles. The second kappa shape index (κ2) is 7.11. The lowest BCUT2D eigenvalue weighted by Crippen LogP contribution is -2.47. The van der Waals surface area contributed by atoms with E-state index in [-0.39, 0.29) is 18.0 Å². The summed E-state index contributed by atoms with van der Waals surface area (Å²) in [6, 6.07) is 6.99. The van der Waals surface area contributed by atoms with E-state index < -0.39 is 5.54 Å². The maximum Gasteiger partial charge on any atom is 0.325 e. The van der Waals surface area contributed by atoms with Gasteiger partial charge in [-0.3, -0.25) is 9.69 Å². The van der Waals surface area contributed by atoms with Gasteiger partial charge in [-0.2, -0.15) is 0 Å². The summed E-state index contributed by atoms with van der Waals surface area (Å²) in [7, 11) is 2.06. The van der Waals surface area contributed by atoms with Gasteiger partial charge in [0.15, 0.2) is 0 Å². The summed E-state index contributed by atoms with van der Waals surface area (Å²) in [5.74, 6) is 0.539. The van der Waals surface area contributed by atoms with Crippen molar-refractivity contribution in [1.82, 2.24) is 15.1 Å². The number of carbonyl (C=O) groups is 2. The summed E-state index contributed by atoms with van der Waals surface area (Å²) < 4.78 is 5.61. The van der Waals surface area contributed by atoms with Crippen LogP contribution >= 0.6 is 0 Å². The summed E-state index contributed by atoms with van der Waals surface area (Å²) in [5.41, 5.74) is 0.662.